The molecule has 12 heteroatoms. The molecule has 164 valence electrons. The Balaban J connectivity index is 1.99. The van der Waals surface area contributed by atoms with Crippen LogP contribution in [0.15, 0.2) is 30.9 Å². The fourth-order valence-corrected chi connectivity index (χ4v) is 3.85. The number of carbonyl (C=O) groups excluding carboxylic acids is 1. The zero-order chi connectivity index (χ0) is 22.3. The van der Waals surface area contributed by atoms with E-state index in [1.54, 1.807) is 12.1 Å². The maximum absolute atomic E-state index is 14.0. The number of imidazole rings is 1. The molecule has 1 aliphatic heterocycles. The van der Waals surface area contributed by atoms with Crippen LogP contribution in [0.5, 0.6) is 11.5 Å². The first kappa shape index (κ1) is 20.9. The summed E-state index contributed by atoms with van der Waals surface area (Å²) in [5.41, 5.74) is 10.3. The van der Waals surface area contributed by atoms with Crippen molar-refractivity contribution in [2.45, 2.75) is 24.0 Å². The minimum absolute atomic E-state index is 0.0653. The van der Waals surface area contributed by atoms with Crippen LogP contribution in [-0.4, -0.2) is 74.6 Å². The van der Waals surface area contributed by atoms with E-state index in [1.807, 2.05) is 0 Å². The number of fused-ring (bicyclic) bond motifs is 1. The van der Waals surface area contributed by atoms with Gasteiger partial charge in [0.2, 0.25) is 11.5 Å². The van der Waals surface area contributed by atoms with Crippen molar-refractivity contribution in [1.82, 2.24) is 19.5 Å². The van der Waals surface area contributed by atoms with Crippen LogP contribution in [0.3, 0.4) is 0 Å². The van der Waals surface area contributed by atoms with Crippen LogP contribution in [-0.2, 0) is 10.5 Å². The summed E-state index contributed by atoms with van der Waals surface area (Å²) in [6.07, 6.45) is -0.144. The third-order valence-corrected chi connectivity index (χ3v) is 5.40. The average molecular weight is 430 g/mol. The number of methoxy groups -OCH3 is 2. The Kier molecular flexibility index (Phi) is 5.23. The Bertz CT molecular complexity index is 1140. The van der Waals surface area contributed by atoms with Gasteiger partial charge in [-0.1, -0.05) is 6.07 Å². The molecule has 2 aromatic heterocycles. The van der Waals surface area contributed by atoms with E-state index in [4.69, 9.17) is 25.7 Å². The number of nitrogens with zero attached hydrogens (tertiary/aromatic N) is 4. The predicted molar refractivity (Wildman–Crippen MR) is 108 cm³/mol. The molecule has 0 saturated carbocycles. The largest absolute Gasteiger partial charge is 0.493 e. The third-order valence-electron chi connectivity index (χ3n) is 5.40. The van der Waals surface area contributed by atoms with E-state index in [1.165, 1.54) is 37.5 Å². The number of hydrogen-bond acceptors (Lipinski definition) is 11. The van der Waals surface area contributed by atoms with Gasteiger partial charge in [0.1, 0.15) is 30.4 Å². The van der Waals surface area contributed by atoms with E-state index in [0.29, 0.717) is 5.75 Å². The van der Waals surface area contributed by atoms with E-state index in [2.05, 4.69) is 15.0 Å². The van der Waals surface area contributed by atoms with Crippen molar-refractivity contribution in [3.63, 3.8) is 0 Å². The SMILES string of the molecule is COc1cccc(C(=O)[C@@]2(n3cnc4c(N)ncnc43)O[C@H](CO)C(N)[C@H]2O)c1OC. The standard InChI is InChI=1S/C19H22N6O6/c1-29-10-5-3-4-9(14(10)30-2)15(27)19(16(28)12(20)11(6-26)31-19)25-8-24-13-17(21)22-7-23-18(13)25/h3-5,7-8,11-12,16,26,28H,6,20H2,1-2H3,(H2,21,22,23)/t11-,12?,16-,19-/m1/s1. The van der Waals surface area contributed by atoms with Crippen LogP contribution < -0.4 is 20.9 Å². The molecule has 1 saturated heterocycles. The Morgan fingerprint density at radius 2 is 2.06 bits per heavy atom. The number of aliphatic hydroxyl groups is 2. The van der Waals surface area contributed by atoms with Crippen LogP contribution in [0.1, 0.15) is 10.4 Å². The van der Waals surface area contributed by atoms with Gasteiger partial charge in [-0.15, -0.1) is 0 Å². The van der Waals surface area contributed by atoms with Crippen molar-refractivity contribution in [3.8, 4) is 11.5 Å². The molecule has 0 aliphatic carbocycles. The van der Waals surface area contributed by atoms with Gasteiger partial charge < -0.3 is 35.9 Å². The molecule has 1 aliphatic rings. The van der Waals surface area contributed by atoms with Crippen LogP contribution in [0.25, 0.3) is 11.2 Å². The fraction of sp³-hybridized carbons (Fsp3) is 0.368. The van der Waals surface area contributed by atoms with Gasteiger partial charge in [0.15, 0.2) is 23.0 Å². The molecule has 12 nitrogen and oxygen atoms in total. The normalized spacial score (nSPS) is 25.6. The highest BCUT2D eigenvalue weighted by Crippen LogP contribution is 2.42. The molecule has 0 radical (unpaired) electrons. The first-order valence-corrected chi connectivity index (χ1v) is 9.32. The number of aromatic nitrogens is 4. The van der Waals surface area contributed by atoms with Gasteiger partial charge >= 0.3 is 0 Å². The number of nitrogens with two attached hydrogens (primary N) is 2. The summed E-state index contributed by atoms with van der Waals surface area (Å²) in [7, 11) is 2.82. The van der Waals surface area contributed by atoms with Gasteiger partial charge in [-0.3, -0.25) is 9.36 Å². The lowest BCUT2D eigenvalue weighted by Crippen LogP contribution is -2.53. The van der Waals surface area contributed by atoms with Gasteiger partial charge in [0.05, 0.1) is 32.4 Å². The lowest BCUT2D eigenvalue weighted by atomic mass is 9.92. The molecule has 0 spiro atoms. The summed E-state index contributed by atoms with van der Waals surface area (Å²) in [5, 5.41) is 20.9. The first-order chi connectivity index (χ1) is 14.9. The number of rotatable bonds is 6. The molecule has 31 heavy (non-hydrogen) atoms. The van der Waals surface area contributed by atoms with Crippen molar-refractivity contribution in [1.29, 1.82) is 0 Å². The molecule has 0 bridgehead atoms. The van der Waals surface area contributed by atoms with Gasteiger partial charge in [0, 0.05) is 0 Å². The molecule has 1 unspecified atom stereocenters. The lowest BCUT2D eigenvalue weighted by Gasteiger charge is -2.32. The quantitative estimate of drug-likeness (QED) is 0.354. The number of hydrogen-bond donors (Lipinski definition) is 4. The molecule has 3 aromatic rings. The van der Waals surface area contributed by atoms with Crippen LogP contribution >= 0.6 is 0 Å². The number of nitrogen functional groups attached to an aromatic ring is 1. The zero-order valence-corrected chi connectivity index (χ0v) is 16.8. The third kappa shape index (κ3) is 2.91. The second kappa shape index (κ2) is 7.74. The number of carbonyl (C=O) groups is 1. The van der Waals surface area contributed by atoms with Crippen LogP contribution in [0.2, 0.25) is 0 Å². The molecule has 1 fully saturated rings. The first-order valence-electron chi connectivity index (χ1n) is 9.32. The lowest BCUT2D eigenvalue weighted by molar-refractivity contribution is -0.113. The van der Waals surface area contributed by atoms with Crippen molar-refractivity contribution < 1.29 is 29.2 Å². The van der Waals surface area contributed by atoms with Crippen molar-refractivity contribution in [2.24, 2.45) is 5.73 Å². The van der Waals surface area contributed by atoms with E-state index in [9.17, 15) is 15.0 Å². The molecule has 1 aromatic carbocycles. The molecule has 0 amide bonds. The molecule has 4 rings (SSSR count). The summed E-state index contributed by atoms with van der Waals surface area (Å²) >= 11 is 0. The van der Waals surface area contributed by atoms with Crippen LogP contribution in [0, 0.1) is 0 Å². The Labute approximate surface area is 176 Å². The molecular formula is C19H22N6O6. The summed E-state index contributed by atoms with van der Waals surface area (Å²) < 4.78 is 17.9. The number of anilines is 1. The Morgan fingerprint density at radius 3 is 2.71 bits per heavy atom. The van der Waals surface area contributed by atoms with Crippen LogP contribution in [0.4, 0.5) is 5.82 Å². The van der Waals surface area contributed by atoms with Gasteiger partial charge in [-0.05, 0) is 12.1 Å². The highest BCUT2D eigenvalue weighted by atomic mass is 16.6. The highest BCUT2D eigenvalue weighted by Gasteiger charge is 2.60. The molecule has 4 atom stereocenters. The van der Waals surface area contributed by atoms with E-state index < -0.39 is 36.4 Å². The molecule has 6 N–H and O–H groups in total. The number of aliphatic hydroxyl groups excluding tert-OH is 2. The second-order valence-electron chi connectivity index (χ2n) is 6.97. The number of benzene rings is 1. The molecular weight excluding hydrogens is 408 g/mol. The number of ether oxygens (including phenoxy) is 3. The second-order valence-corrected chi connectivity index (χ2v) is 6.97. The monoisotopic (exact) mass is 430 g/mol. The minimum Gasteiger partial charge on any atom is -0.493 e. The summed E-state index contributed by atoms with van der Waals surface area (Å²) in [5.74, 6) is -0.162. The minimum atomic E-state index is -2.11. The number of para-hydroxylation sites is 1. The Morgan fingerprint density at radius 1 is 1.29 bits per heavy atom. The van der Waals surface area contributed by atoms with E-state index in [-0.39, 0.29) is 28.3 Å². The summed E-state index contributed by atoms with van der Waals surface area (Å²) in [6, 6.07) is 3.64. The van der Waals surface area contributed by atoms with Gasteiger partial charge in [-0.2, -0.15) is 0 Å². The van der Waals surface area contributed by atoms with E-state index >= 15 is 0 Å². The van der Waals surface area contributed by atoms with Crippen molar-refractivity contribution in [2.75, 3.05) is 26.6 Å². The highest BCUT2D eigenvalue weighted by molar-refractivity contribution is 6.05. The summed E-state index contributed by atoms with van der Waals surface area (Å²) in [6.45, 7) is -0.522. The number of ketones is 1. The number of Topliss-reactive ketones (excluding diaryl/α,β-unsaturated/α-hetero) is 1. The van der Waals surface area contributed by atoms with Crippen molar-refractivity contribution >= 4 is 22.8 Å². The summed E-state index contributed by atoms with van der Waals surface area (Å²) in [4.78, 5) is 26.2. The smallest absolute Gasteiger partial charge is 0.240 e. The van der Waals surface area contributed by atoms with Crippen molar-refractivity contribution in [3.05, 3.63) is 36.4 Å². The maximum atomic E-state index is 14.0. The zero-order valence-electron chi connectivity index (χ0n) is 16.8. The Hall–Kier alpha value is -3.32. The predicted octanol–water partition coefficient (Wildman–Crippen LogP) is -0.959. The average Bonchev–Trinajstić information content (AvgIpc) is 3.33. The topological polar surface area (TPSA) is 181 Å². The maximum Gasteiger partial charge on any atom is 0.240 e. The molecule has 3 heterocycles. The van der Waals surface area contributed by atoms with Gasteiger partial charge in [-0.25, -0.2) is 15.0 Å². The fourth-order valence-electron chi connectivity index (χ4n) is 3.85. The van der Waals surface area contributed by atoms with Gasteiger partial charge in [0.25, 0.3) is 0 Å². The van der Waals surface area contributed by atoms with E-state index in [0.717, 1.165) is 0 Å².